The number of thiophene rings is 1. The third kappa shape index (κ3) is 4.05. The highest BCUT2D eigenvalue weighted by Crippen LogP contribution is 2.22. The van der Waals surface area contributed by atoms with Crippen molar-refractivity contribution in [2.75, 3.05) is 32.8 Å². The number of nitrogens with two attached hydrogens (primary N) is 1. The van der Waals surface area contributed by atoms with Gasteiger partial charge in [0.2, 0.25) is 0 Å². The monoisotopic (exact) mass is 400 g/mol. The zero-order valence-electron chi connectivity index (χ0n) is 16.5. The maximum atomic E-state index is 12.1. The number of hydrogen-bond acceptors (Lipinski definition) is 4. The van der Waals surface area contributed by atoms with Crippen LogP contribution in [0.4, 0.5) is 0 Å². The first-order valence-corrected chi connectivity index (χ1v) is 10.8. The molecule has 148 valence electrons. The first-order valence-electron chi connectivity index (χ1n) is 9.94. The van der Waals surface area contributed by atoms with Crippen molar-refractivity contribution in [3.63, 3.8) is 0 Å². The van der Waals surface area contributed by atoms with E-state index in [1.165, 1.54) is 4.88 Å². The van der Waals surface area contributed by atoms with E-state index in [1.807, 2.05) is 25.2 Å². The third-order valence-electron chi connectivity index (χ3n) is 5.80. The fraction of sp³-hybridized carbons (Fsp3) is 0.409. The van der Waals surface area contributed by atoms with Crippen molar-refractivity contribution in [1.29, 1.82) is 0 Å². The molecule has 0 bridgehead atoms. The Morgan fingerprint density at radius 1 is 1.21 bits per heavy atom. The van der Waals surface area contributed by atoms with E-state index >= 15 is 0 Å². The first-order chi connectivity index (χ1) is 13.6. The van der Waals surface area contributed by atoms with Gasteiger partial charge in [-0.2, -0.15) is 0 Å². The van der Waals surface area contributed by atoms with Crippen molar-refractivity contribution in [3.05, 3.63) is 67.7 Å². The summed E-state index contributed by atoms with van der Waals surface area (Å²) in [7, 11) is 0. The Morgan fingerprint density at radius 3 is 2.79 bits per heavy atom. The van der Waals surface area contributed by atoms with Crippen LogP contribution in [0.1, 0.15) is 27.6 Å². The van der Waals surface area contributed by atoms with Gasteiger partial charge in [-0.1, -0.05) is 18.2 Å². The molecule has 4 rings (SSSR count). The number of quaternary nitrogens is 2. The molecule has 1 atom stereocenters. The molecule has 28 heavy (non-hydrogen) atoms. The molecule has 1 aromatic carbocycles. The first kappa shape index (κ1) is 19.3. The van der Waals surface area contributed by atoms with E-state index in [1.54, 1.807) is 11.0 Å². The minimum Gasteiger partial charge on any atom is -0.422 e. The predicted octanol–water partition coefficient (Wildman–Crippen LogP) is 1.19. The molecule has 0 amide bonds. The lowest BCUT2D eigenvalue weighted by Crippen LogP contribution is -3.16. The minimum absolute atomic E-state index is 0.266. The summed E-state index contributed by atoms with van der Waals surface area (Å²) in [6.07, 6.45) is 0. The van der Waals surface area contributed by atoms with Crippen molar-refractivity contribution in [2.24, 2.45) is 0 Å². The molecule has 3 heterocycles. The van der Waals surface area contributed by atoms with Gasteiger partial charge in [0.25, 0.3) is 0 Å². The van der Waals surface area contributed by atoms with Crippen LogP contribution in [0.5, 0.6) is 0 Å². The van der Waals surface area contributed by atoms with E-state index in [0.717, 1.165) is 67.1 Å². The minimum atomic E-state index is -0.266. The lowest BCUT2D eigenvalue weighted by atomic mass is 10.0. The number of morpholine rings is 1. The molecule has 6 heteroatoms. The summed E-state index contributed by atoms with van der Waals surface area (Å²) < 4.78 is 11.1. The number of hydrogen-bond donors (Lipinski definition) is 2. The Kier molecular flexibility index (Phi) is 5.92. The lowest BCUT2D eigenvalue weighted by Gasteiger charge is -2.30. The summed E-state index contributed by atoms with van der Waals surface area (Å²) in [4.78, 5) is 15.1. The normalized spacial score (nSPS) is 16.5. The van der Waals surface area contributed by atoms with Gasteiger partial charge >= 0.3 is 5.63 Å². The van der Waals surface area contributed by atoms with Crippen molar-refractivity contribution in [3.8, 4) is 0 Å². The van der Waals surface area contributed by atoms with Crippen LogP contribution < -0.4 is 15.8 Å². The summed E-state index contributed by atoms with van der Waals surface area (Å²) in [5.74, 6) is 0. The summed E-state index contributed by atoms with van der Waals surface area (Å²) in [6.45, 7) is 9.59. The molecule has 0 unspecified atom stereocenters. The Labute approximate surface area is 168 Å². The predicted molar refractivity (Wildman–Crippen MR) is 111 cm³/mol. The average Bonchev–Trinajstić information content (AvgIpc) is 3.23. The second-order valence-corrected chi connectivity index (χ2v) is 8.52. The fourth-order valence-electron chi connectivity index (χ4n) is 4.05. The summed E-state index contributed by atoms with van der Waals surface area (Å²) in [6, 6.07) is 10.7. The summed E-state index contributed by atoms with van der Waals surface area (Å²) in [5, 5.41) is 5.53. The number of aryl methyl sites for hydroxylation is 2. The third-order valence-corrected chi connectivity index (χ3v) is 6.78. The number of benzene rings is 1. The molecule has 3 aromatic rings. The van der Waals surface area contributed by atoms with Gasteiger partial charge < -0.3 is 19.4 Å². The number of rotatable bonds is 6. The molecule has 3 N–H and O–H groups in total. The molecule has 0 saturated carbocycles. The molecule has 5 nitrogen and oxygen atoms in total. The Balaban J connectivity index is 1.53. The van der Waals surface area contributed by atoms with Gasteiger partial charge in [-0.3, -0.25) is 0 Å². The second kappa shape index (κ2) is 8.57. The van der Waals surface area contributed by atoms with E-state index in [2.05, 4.69) is 35.0 Å². The highest BCUT2D eigenvalue weighted by Gasteiger charge is 2.28. The van der Waals surface area contributed by atoms with Crippen molar-refractivity contribution in [2.45, 2.75) is 26.4 Å². The maximum Gasteiger partial charge on any atom is 0.336 e. The fourth-order valence-corrected chi connectivity index (χ4v) is 4.95. The van der Waals surface area contributed by atoms with Crippen molar-refractivity contribution in [1.82, 2.24) is 0 Å². The van der Waals surface area contributed by atoms with Gasteiger partial charge in [0.05, 0.1) is 18.1 Å². The van der Waals surface area contributed by atoms with E-state index in [9.17, 15) is 4.79 Å². The van der Waals surface area contributed by atoms with Crippen molar-refractivity contribution >= 4 is 22.3 Å². The number of ether oxygens (including phenoxy) is 1. The molecule has 0 radical (unpaired) electrons. The SMILES string of the molecule is Cc1ccc2c(C[NH2+]C[C@@H](c3cccs3)[NH+]3CCOCC3)cc(=O)oc2c1C. The molecule has 1 fully saturated rings. The van der Waals surface area contributed by atoms with E-state index in [0.29, 0.717) is 6.04 Å². The van der Waals surface area contributed by atoms with Crippen LogP contribution in [0.2, 0.25) is 0 Å². The van der Waals surface area contributed by atoms with Crippen LogP contribution in [-0.2, 0) is 11.3 Å². The smallest absolute Gasteiger partial charge is 0.336 e. The largest absolute Gasteiger partial charge is 0.422 e. The zero-order valence-corrected chi connectivity index (χ0v) is 17.3. The van der Waals surface area contributed by atoms with Crippen LogP contribution in [0, 0.1) is 13.8 Å². The molecule has 1 aliphatic rings. The molecular weight excluding hydrogens is 372 g/mol. The van der Waals surface area contributed by atoms with Crippen LogP contribution >= 0.6 is 11.3 Å². The molecule has 0 spiro atoms. The Hall–Kier alpha value is -1.99. The molecule has 1 aliphatic heterocycles. The van der Waals surface area contributed by atoms with Crippen molar-refractivity contribution < 1.29 is 19.4 Å². The van der Waals surface area contributed by atoms with Crippen LogP contribution in [0.15, 0.2) is 44.9 Å². The number of nitrogens with one attached hydrogen (secondary N) is 1. The number of fused-ring (bicyclic) bond motifs is 1. The van der Waals surface area contributed by atoms with Gasteiger partial charge in [-0.15, -0.1) is 11.3 Å². The van der Waals surface area contributed by atoms with Crippen LogP contribution in [-0.4, -0.2) is 32.8 Å². The zero-order chi connectivity index (χ0) is 19.5. The van der Waals surface area contributed by atoms with Gasteiger partial charge in [0.1, 0.15) is 31.8 Å². The maximum absolute atomic E-state index is 12.1. The van der Waals surface area contributed by atoms with Gasteiger partial charge in [0.15, 0.2) is 6.04 Å². The Morgan fingerprint density at radius 2 is 2.04 bits per heavy atom. The lowest BCUT2D eigenvalue weighted by molar-refractivity contribution is -0.952. The summed E-state index contributed by atoms with van der Waals surface area (Å²) >= 11 is 1.83. The van der Waals surface area contributed by atoms with Gasteiger partial charge in [0, 0.05) is 17.0 Å². The summed E-state index contributed by atoms with van der Waals surface area (Å²) in [5.41, 5.74) is 3.70. The van der Waals surface area contributed by atoms with Crippen LogP contribution in [0.3, 0.4) is 0 Å². The average molecular weight is 401 g/mol. The molecular formula is C22H28N2O3S+2. The van der Waals surface area contributed by atoms with E-state index in [4.69, 9.17) is 9.15 Å². The highest BCUT2D eigenvalue weighted by atomic mass is 32.1. The van der Waals surface area contributed by atoms with Gasteiger partial charge in [-0.25, -0.2) is 4.79 Å². The second-order valence-electron chi connectivity index (χ2n) is 7.54. The highest BCUT2D eigenvalue weighted by molar-refractivity contribution is 7.10. The topological polar surface area (TPSA) is 60.5 Å². The molecule has 1 saturated heterocycles. The van der Waals surface area contributed by atoms with E-state index in [-0.39, 0.29) is 5.63 Å². The molecule has 0 aliphatic carbocycles. The quantitative estimate of drug-likeness (QED) is 0.611. The molecule has 2 aromatic heterocycles. The van der Waals surface area contributed by atoms with E-state index < -0.39 is 0 Å². The standard InChI is InChI=1S/C22H26N2O3S/c1-15-5-6-18-17(12-21(25)27-22(18)16(15)2)13-23-14-19(20-4-3-11-28-20)24-7-9-26-10-8-24/h3-6,11-12,19,23H,7-10,13-14H2,1-2H3/p+2/t19-/m0/s1. The van der Waals surface area contributed by atoms with Gasteiger partial charge in [-0.05, 0) is 36.4 Å². The van der Waals surface area contributed by atoms with Crippen LogP contribution in [0.25, 0.3) is 11.0 Å². The Bertz CT molecular complexity index is 991.